The van der Waals surface area contributed by atoms with Gasteiger partial charge in [0.2, 0.25) is 0 Å². The molecule has 1 nitrogen and oxygen atoms in total. The van der Waals surface area contributed by atoms with E-state index < -0.39 is 0 Å². The van der Waals surface area contributed by atoms with Crippen LogP contribution in [0.5, 0.6) is 0 Å². The van der Waals surface area contributed by atoms with E-state index in [0.717, 1.165) is 30.2 Å². The second-order valence-electron chi connectivity index (χ2n) is 5.01. The maximum Gasteiger partial charge on any atom is 0.0545 e. The summed E-state index contributed by atoms with van der Waals surface area (Å²) in [5.74, 6) is 0. The number of aliphatic hydroxyl groups excluding tert-OH is 1. The molecular formula is C13H17BrO. The fourth-order valence-electron chi connectivity index (χ4n) is 2.54. The van der Waals surface area contributed by atoms with Crippen LogP contribution in [0, 0.1) is 5.41 Å². The summed E-state index contributed by atoms with van der Waals surface area (Å²) in [6, 6.07) is 8.51. The molecule has 1 aromatic carbocycles. The first-order valence-corrected chi connectivity index (χ1v) is 6.29. The Balaban J connectivity index is 2.05. The molecule has 0 bridgehead atoms. The van der Waals surface area contributed by atoms with Crippen molar-refractivity contribution in [2.24, 2.45) is 5.41 Å². The predicted octanol–water partition coefficient (Wildman–Crippen LogP) is 3.54. The molecule has 0 aliphatic heterocycles. The van der Waals surface area contributed by atoms with E-state index in [1.807, 2.05) is 0 Å². The Hall–Kier alpha value is -0.340. The van der Waals surface area contributed by atoms with Gasteiger partial charge in [0, 0.05) is 4.47 Å². The van der Waals surface area contributed by atoms with Crippen molar-refractivity contribution >= 4 is 15.9 Å². The Morgan fingerprint density at radius 2 is 2.07 bits per heavy atom. The van der Waals surface area contributed by atoms with Crippen molar-refractivity contribution in [3.63, 3.8) is 0 Å². The standard InChI is InChI=1S/C13H17BrO/c1-13(7-6-12(15)9-13)8-10-2-4-11(14)5-3-10/h2-5,12,15H,6-9H2,1H3. The van der Waals surface area contributed by atoms with E-state index in [1.165, 1.54) is 5.56 Å². The van der Waals surface area contributed by atoms with E-state index >= 15 is 0 Å². The van der Waals surface area contributed by atoms with Gasteiger partial charge in [0.1, 0.15) is 0 Å². The summed E-state index contributed by atoms with van der Waals surface area (Å²) >= 11 is 3.44. The van der Waals surface area contributed by atoms with E-state index in [1.54, 1.807) is 0 Å². The van der Waals surface area contributed by atoms with Crippen LogP contribution in [0.4, 0.5) is 0 Å². The molecule has 0 radical (unpaired) electrons. The number of hydrogen-bond donors (Lipinski definition) is 1. The highest BCUT2D eigenvalue weighted by Crippen LogP contribution is 2.40. The minimum atomic E-state index is -0.0783. The van der Waals surface area contributed by atoms with Gasteiger partial charge in [-0.1, -0.05) is 35.0 Å². The lowest BCUT2D eigenvalue weighted by atomic mass is 9.82. The number of rotatable bonds is 2. The van der Waals surface area contributed by atoms with Gasteiger partial charge in [0.05, 0.1) is 6.10 Å². The lowest BCUT2D eigenvalue weighted by molar-refractivity contribution is 0.163. The molecule has 1 aliphatic carbocycles. The normalized spacial score (nSPS) is 30.7. The molecule has 0 heterocycles. The van der Waals surface area contributed by atoms with Gasteiger partial charge in [0.25, 0.3) is 0 Å². The summed E-state index contributed by atoms with van der Waals surface area (Å²) in [7, 11) is 0. The molecule has 0 amide bonds. The zero-order chi connectivity index (χ0) is 10.9. The van der Waals surface area contributed by atoms with Crippen LogP contribution in [-0.2, 0) is 6.42 Å². The van der Waals surface area contributed by atoms with Crippen molar-refractivity contribution in [3.05, 3.63) is 34.3 Å². The van der Waals surface area contributed by atoms with Crippen molar-refractivity contribution in [2.45, 2.75) is 38.7 Å². The maximum absolute atomic E-state index is 9.58. The van der Waals surface area contributed by atoms with Crippen molar-refractivity contribution in [2.75, 3.05) is 0 Å². The van der Waals surface area contributed by atoms with Crippen molar-refractivity contribution in [1.82, 2.24) is 0 Å². The Kier molecular flexibility index (Phi) is 3.17. The summed E-state index contributed by atoms with van der Waals surface area (Å²) in [6.07, 6.45) is 4.06. The fourth-order valence-corrected chi connectivity index (χ4v) is 2.81. The zero-order valence-electron chi connectivity index (χ0n) is 9.04. The van der Waals surface area contributed by atoms with Gasteiger partial charge in [-0.2, -0.15) is 0 Å². The molecule has 2 heteroatoms. The third kappa shape index (κ3) is 2.82. The van der Waals surface area contributed by atoms with Gasteiger partial charge >= 0.3 is 0 Å². The van der Waals surface area contributed by atoms with E-state index in [4.69, 9.17) is 0 Å². The van der Waals surface area contributed by atoms with Crippen LogP contribution >= 0.6 is 15.9 Å². The zero-order valence-corrected chi connectivity index (χ0v) is 10.6. The van der Waals surface area contributed by atoms with Gasteiger partial charge in [0.15, 0.2) is 0 Å². The molecule has 1 aliphatic rings. The molecule has 0 spiro atoms. The highest BCUT2D eigenvalue weighted by molar-refractivity contribution is 9.10. The average Bonchev–Trinajstić information content (AvgIpc) is 2.50. The molecule has 0 aromatic heterocycles. The monoisotopic (exact) mass is 268 g/mol. The summed E-state index contributed by atoms with van der Waals surface area (Å²) in [6.45, 7) is 2.28. The summed E-state index contributed by atoms with van der Waals surface area (Å²) in [5, 5.41) is 9.58. The third-order valence-electron chi connectivity index (χ3n) is 3.35. The van der Waals surface area contributed by atoms with Crippen LogP contribution in [0.1, 0.15) is 31.7 Å². The second-order valence-corrected chi connectivity index (χ2v) is 5.93. The summed E-state index contributed by atoms with van der Waals surface area (Å²) < 4.78 is 1.13. The largest absolute Gasteiger partial charge is 0.393 e. The third-order valence-corrected chi connectivity index (χ3v) is 3.88. The highest BCUT2D eigenvalue weighted by atomic mass is 79.9. The van der Waals surface area contributed by atoms with Gasteiger partial charge < -0.3 is 5.11 Å². The Labute approximate surface area is 99.6 Å². The fraction of sp³-hybridized carbons (Fsp3) is 0.538. The lowest BCUT2D eigenvalue weighted by Crippen LogP contribution is -2.16. The Morgan fingerprint density at radius 3 is 2.60 bits per heavy atom. The van der Waals surface area contributed by atoms with Crippen molar-refractivity contribution < 1.29 is 5.11 Å². The number of aliphatic hydroxyl groups is 1. The van der Waals surface area contributed by atoms with E-state index in [-0.39, 0.29) is 6.10 Å². The van der Waals surface area contributed by atoms with Gasteiger partial charge in [-0.05, 0) is 48.8 Å². The summed E-state index contributed by atoms with van der Waals surface area (Å²) in [5.41, 5.74) is 1.67. The van der Waals surface area contributed by atoms with Crippen molar-refractivity contribution in [3.8, 4) is 0 Å². The van der Waals surface area contributed by atoms with Crippen LogP contribution in [0.25, 0.3) is 0 Å². The second kappa shape index (κ2) is 4.26. The molecule has 1 fully saturated rings. The molecule has 15 heavy (non-hydrogen) atoms. The molecule has 2 unspecified atom stereocenters. The Bertz CT molecular complexity index is 333. The quantitative estimate of drug-likeness (QED) is 0.870. The molecule has 1 N–H and O–H groups in total. The molecular weight excluding hydrogens is 252 g/mol. The Morgan fingerprint density at radius 1 is 1.40 bits per heavy atom. The molecule has 82 valence electrons. The molecule has 1 saturated carbocycles. The van der Waals surface area contributed by atoms with Crippen LogP contribution in [0.3, 0.4) is 0 Å². The van der Waals surface area contributed by atoms with Crippen molar-refractivity contribution in [1.29, 1.82) is 0 Å². The van der Waals surface area contributed by atoms with Crippen LogP contribution < -0.4 is 0 Å². The lowest BCUT2D eigenvalue weighted by Gasteiger charge is -2.23. The molecule has 2 atom stereocenters. The molecule has 2 rings (SSSR count). The van der Waals surface area contributed by atoms with Crippen LogP contribution in [-0.4, -0.2) is 11.2 Å². The van der Waals surface area contributed by atoms with Crippen LogP contribution in [0.15, 0.2) is 28.7 Å². The SMILES string of the molecule is CC1(Cc2ccc(Br)cc2)CCC(O)C1. The van der Waals surface area contributed by atoms with E-state index in [9.17, 15) is 5.11 Å². The van der Waals surface area contributed by atoms with Gasteiger partial charge in [-0.25, -0.2) is 0 Å². The number of hydrogen-bond acceptors (Lipinski definition) is 1. The van der Waals surface area contributed by atoms with E-state index in [0.29, 0.717) is 5.41 Å². The van der Waals surface area contributed by atoms with Crippen LogP contribution in [0.2, 0.25) is 0 Å². The number of benzene rings is 1. The molecule has 0 saturated heterocycles. The van der Waals surface area contributed by atoms with E-state index in [2.05, 4.69) is 47.1 Å². The van der Waals surface area contributed by atoms with Gasteiger partial charge in [-0.15, -0.1) is 0 Å². The molecule has 1 aromatic rings. The first-order valence-electron chi connectivity index (χ1n) is 5.50. The highest BCUT2D eigenvalue weighted by Gasteiger charge is 2.33. The topological polar surface area (TPSA) is 20.2 Å². The maximum atomic E-state index is 9.58. The summed E-state index contributed by atoms with van der Waals surface area (Å²) in [4.78, 5) is 0. The first-order chi connectivity index (χ1) is 7.07. The predicted molar refractivity (Wildman–Crippen MR) is 65.8 cm³/mol. The minimum Gasteiger partial charge on any atom is -0.393 e. The minimum absolute atomic E-state index is 0.0783. The average molecular weight is 269 g/mol. The van der Waals surface area contributed by atoms with Gasteiger partial charge in [-0.3, -0.25) is 0 Å². The smallest absolute Gasteiger partial charge is 0.0545 e. The number of halogens is 1. The first kappa shape index (κ1) is 11.2.